The molecule has 2 heterocycles. The number of rotatable bonds is 11. The summed E-state index contributed by atoms with van der Waals surface area (Å²) in [5, 5.41) is 5.52. The van der Waals surface area contributed by atoms with E-state index in [1.54, 1.807) is 9.80 Å². The van der Waals surface area contributed by atoms with E-state index in [0.29, 0.717) is 52.1 Å². The Hall–Kier alpha value is -3.14. The van der Waals surface area contributed by atoms with Gasteiger partial charge in [-0.2, -0.15) is 0 Å². The van der Waals surface area contributed by atoms with E-state index in [4.69, 9.17) is 9.47 Å². The number of morpholine rings is 1. The molecule has 2 N–H and O–H groups in total. The van der Waals surface area contributed by atoms with Gasteiger partial charge < -0.3 is 29.9 Å². The molecule has 10 nitrogen and oxygen atoms in total. The Kier molecular flexibility index (Phi) is 11.0. The Morgan fingerprint density at radius 3 is 2.42 bits per heavy atom. The van der Waals surface area contributed by atoms with Crippen molar-refractivity contribution >= 4 is 29.5 Å². The van der Waals surface area contributed by atoms with E-state index in [1.165, 1.54) is 7.11 Å². The Morgan fingerprint density at radius 1 is 0.972 bits per heavy atom. The van der Waals surface area contributed by atoms with Crippen LogP contribution in [0.2, 0.25) is 0 Å². The average molecular weight is 503 g/mol. The summed E-state index contributed by atoms with van der Waals surface area (Å²) >= 11 is 0. The van der Waals surface area contributed by atoms with Gasteiger partial charge in [-0.15, -0.1) is 0 Å². The van der Waals surface area contributed by atoms with Crippen LogP contribution < -0.4 is 15.5 Å². The van der Waals surface area contributed by atoms with Crippen molar-refractivity contribution in [1.82, 2.24) is 15.5 Å². The van der Waals surface area contributed by atoms with E-state index < -0.39 is 6.09 Å². The van der Waals surface area contributed by atoms with Gasteiger partial charge in [0, 0.05) is 38.2 Å². The monoisotopic (exact) mass is 502 g/mol. The highest BCUT2D eigenvalue weighted by molar-refractivity contribution is 5.95. The molecule has 4 amide bonds. The molecule has 0 radical (unpaired) electrons. The zero-order valence-electron chi connectivity index (χ0n) is 21.1. The lowest BCUT2D eigenvalue weighted by atomic mass is 9.97. The van der Waals surface area contributed by atoms with E-state index in [-0.39, 0.29) is 30.3 Å². The molecule has 0 bridgehead atoms. The first-order chi connectivity index (χ1) is 17.5. The summed E-state index contributed by atoms with van der Waals surface area (Å²) in [5.41, 5.74) is 1.94. The van der Waals surface area contributed by atoms with Crippen molar-refractivity contribution in [3.63, 3.8) is 0 Å². The van der Waals surface area contributed by atoms with Crippen LogP contribution in [0.15, 0.2) is 24.3 Å². The second-order valence-corrected chi connectivity index (χ2v) is 9.21. The van der Waals surface area contributed by atoms with Crippen LogP contribution in [0, 0.1) is 0 Å². The first-order valence-corrected chi connectivity index (χ1v) is 12.8. The summed E-state index contributed by atoms with van der Waals surface area (Å²) in [4.78, 5) is 52.2. The van der Waals surface area contributed by atoms with Crippen LogP contribution in [0.1, 0.15) is 50.5 Å². The Morgan fingerprint density at radius 2 is 1.67 bits per heavy atom. The van der Waals surface area contributed by atoms with Gasteiger partial charge in [0.2, 0.25) is 17.7 Å². The molecule has 0 unspecified atom stereocenters. The lowest BCUT2D eigenvalue weighted by Gasteiger charge is -2.34. The fourth-order valence-electron chi connectivity index (χ4n) is 4.57. The van der Waals surface area contributed by atoms with Gasteiger partial charge in [-0.05, 0) is 30.9 Å². The quantitative estimate of drug-likeness (QED) is 0.447. The minimum atomic E-state index is -0.496. The highest BCUT2D eigenvalue weighted by Crippen LogP contribution is 2.28. The van der Waals surface area contributed by atoms with Crippen LogP contribution >= 0.6 is 0 Å². The van der Waals surface area contributed by atoms with Crippen molar-refractivity contribution in [3.05, 3.63) is 29.8 Å². The summed E-state index contributed by atoms with van der Waals surface area (Å²) in [7, 11) is 1.33. The molecule has 36 heavy (non-hydrogen) atoms. The number of nitrogens with one attached hydrogen (secondary N) is 2. The van der Waals surface area contributed by atoms with Crippen LogP contribution in [0.3, 0.4) is 0 Å². The number of carbonyl (C=O) groups is 4. The number of carbonyl (C=O) groups excluding carboxylic acids is 4. The van der Waals surface area contributed by atoms with Crippen molar-refractivity contribution in [3.8, 4) is 0 Å². The molecular weight excluding hydrogens is 464 g/mol. The van der Waals surface area contributed by atoms with E-state index in [2.05, 4.69) is 10.6 Å². The number of anilines is 1. The minimum Gasteiger partial charge on any atom is -0.453 e. The van der Waals surface area contributed by atoms with E-state index in [0.717, 1.165) is 43.4 Å². The highest BCUT2D eigenvalue weighted by atomic mass is 16.5. The fraction of sp³-hybridized carbons (Fsp3) is 0.615. The van der Waals surface area contributed by atoms with Crippen molar-refractivity contribution in [2.75, 3.05) is 51.4 Å². The number of hydrogen-bond donors (Lipinski definition) is 2. The smallest absolute Gasteiger partial charge is 0.407 e. The molecule has 1 fully saturated rings. The molecule has 3 rings (SSSR count). The number of methoxy groups -OCH3 is 1. The Bertz CT molecular complexity index is 902. The zero-order chi connectivity index (χ0) is 25.8. The molecule has 2 aliphatic rings. The minimum absolute atomic E-state index is 0.0383. The zero-order valence-corrected chi connectivity index (χ0v) is 21.1. The van der Waals surface area contributed by atoms with Gasteiger partial charge in [0.25, 0.3) is 0 Å². The van der Waals surface area contributed by atoms with E-state index in [9.17, 15) is 19.2 Å². The molecule has 1 aromatic rings. The summed E-state index contributed by atoms with van der Waals surface area (Å²) in [6, 6.07) is 7.59. The molecule has 0 aliphatic carbocycles. The van der Waals surface area contributed by atoms with Crippen LogP contribution in [0.5, 0.6) is 0 Å². The molecule has 1 atom stereocenters. The average Bonchev–Trinajstić information content (AvgIpc) is 2.90. The second kappa shape index (κ2) is 14.4. The second-order valence-electron chi connectivity index (χ2n) is 9.21. The number of amides is 4. The molecular formula is C26H38N4O6. The summed E-state index contributed by atoms with van der Waals surface area (Å²) in [6.07, 6.45) is 5.26. The van der Waals surface area contributed by atoms with Gasteiger partial charge in [0.05, 0.1) is 32.9 Å². The van der Waals surface area contributed by atoms with Gasteiger partial charge in [-0.1, -0.05) is 37.5 Å². The lowest BCUT2D eigenvalue weighted by molar-refractivity contribution is -0.136. The van der Waals surface area contributed by atoms with Gasteiger partial charge in [0.1, 0.15) is 0 Å². The number of fused-ring (bicyclic) bond motifs is 1. The maximum atomic E-state index is 13.0. The third kappa shape index (κ3) is 8.51. The van der Waals surface area contributed by atoms with Crippen LogP contribution in [-0.4, -0.2) is 81.3 Å². The number of ether oxygens (including phenoxy) is 2. The third-order valence-corrected chi connectivity index (χ3v) is 6.56. The largest absolute Gasteiger partial charge is 0.453 e. The molecule has 198 valence electrons. The lowest BCUT2D eigenvalue weighted by Crippen LogP contribution is -2.50. The van der Waals surface area contributed by atoms with Crippen molar-refractivity contribution in [1.29, 1.82) is 0 Å². The van der Waals surface area contributed by atoms with Crippen LogP contribution in [0.4, 0.5) is 10.5 Å². The Balaban J connectivity index is 1.30. The molecule has 0 aromatic heterocycles. The molecule has 0 saturated carbocycles. The van der Waals surface area contributed by atoms with Gasteiger partial charge >= 0.3 is 6.09 Å². The van der Waals surface area contributed by atoms with E-state index >= 15 is 0 Å². The molecule has 2 aliphatic heterocycles. The topological polar surface area (TPSA) is 117 Å². The van der Waals surface area contributed by atoms with Gasteiger partial charge in [-0.25, -0.2) is 4.79 Å². The van der Waals surface area contributed by atoms with Crippen molar-refractivity contribution in [2.45, 2.75) is 57.4 Å². The van der Waals surface area contributed by atoms with Gasteiger partial charge in [-0.3, -0.25) is 14.4 Å². The first kappa shape index (κ1) is 27.4. The maximum absolute atomic E-state index is 13.0. The number of benzene rings is 1. The maximum Gasteiger partial charge on any atom is 0.407 e. The SMILES string of the molecule is COC(=O)N[C@H]1Cc2ccccc2N(C(=O)CCCCCCCC(=O)NCC(=O)N2CCOCC2)C1. The number of hydrogen-bond acceptors (Lipinski definition) is 6. The summed E-state index contributed by atoms with van der Waals surface area (Å²) < 4.78 is 9.94. The highest BCUT2D eigenvalue weighted by Gasteiger charge is 2.29. The van der Waals surface area contributed by atoms with Crippen LogP contribution in [-0.2, 0) is 30.3 Å². The number of unbranched alkanes of at least 4 members (excludes halogenated alkanes) is 4. The van der Waals surface area contributed by atoms with Crippen molar-refractivity contribution in [2.24, 2.45) is 0 Å². The number of para-hydroxylation sites is 1. The summed E-state index contributed by atoms with van der Waals surface area (Å²) in [6.45, 7) is 2.71. The predicted octanol–water partition coefficient (Wildman–Crippen LogP) is 2.01. The molecule has 1 saturated heterocycles. The van der Waals surface area contributed by atoms with Crippen LogP contribution in [0.25, 0.3) is 0 Å². The van der Waals surface area contributed by atoms with Crippen molar-refractivity contribution < 1.29 is 28.7 Å². The van der Waals surface area contributed by atoms with E-state index in [1.807, 2.05) is 24.3 Å². The molecule has 1 aromatic carbocycles. The number of nitrogens with zero attached hydrogens (tertiary/aromatic N) is 2. The summed E-state index contributed by atoms with van der Waals surface area (Å²) in [5.74, 6) is -0.131. The third-order valence-electron chi connectivity index (χ3n) is 6.56. The molecule has 10 heteroatoms. The fourth-order valence-corrected chi connectivity index (χ4v) is 4.57. The standard InChI is InChI=1S/C26H38N4O6/c1-35-26(34)28-21-17-20-9-7-8-10-22(20)30(19-21)24(32)12-6-4-2-3-5-11-23(31)27-18-25(33)29-13-15-36-16-14-29/h7-10,21H,2-6,11-19H2,1H3,(H,27,31)(H,28,34)/t21-/m0/s1. The first-order valence-electron chi connectivity index (χ1n) is 12.8. The molecule has 0 spiro atoms. The van der Waals surface area contributed by atoms with Gasteiger partial charge in [0.15, 0.2) is 0 Å². The number of alkyl carbamates (subject to hydrolysis) is 1. The Labute approximate surface area is 212 Å². The predicted molar refractivity (Wildman–Crippen MR) is 135 cm³/mol. The normalized spacial score (nSPS) is 17.2.